The minimum absolute atomic E-state index is 0.00212. The van der Waals surface area contributed by atoms with Gasteiger partial charge in [0.1, 0.15) is 6.10 Å². The van der Waals surface area contributed by atoms with E-state index >= 15 is 0 Å². The Hall–Kier alpha value is -3.06. The zero-order chi connectivity index (χ0) is 20.7. The summed E-state index contributed by atoms with van der Waals surface area (Å²) < 4.78 is 13.2. The van der Waals surface area contributed by atoms with E-state index in [9.17, 15) is 9.90 Å². The molecule has 0 bridgehead atoms. The van der Waals surface area contributed by atoms with Crippen molar-refractivity contribution in [2.75, 3.05) is 20.2 Å². The van der Waals surface area contributed by atoms with E-state index in [-0.39, 0.29) is 17.9 Å². The monoisotopic (exact) mass is 407 g/mol. The summed E-state index contributed by atoms with van der Waals surface area (Å²) in [5.74, 6) is 1.88. The van der Waals surface area contributed by atoms with Crippen molar-refractivity contribution < 1.29 is 19.4 Å². The highest BCUT2D eigenvalue weighted by molar-refractivity contribution is 6.00. The predicted octanol–water partition coefficient (Wildman–Crippen LogP) is 2.63. The van der Waals surface area contributed by atoms with E-state index in [1.807, 2.05) is 53.6 Å². The van der Waals surface area contributed by atoms with E-state index in [2.05, 4.69) is 5.10 Å². The zero-order valence-electron chi connectivity index (χ0n) is 16.8. The number of aliphatic hydroxyl groups is 1. The van der Waals surface area contributed by atoms with Crippen molar-refractivity contribution >= 4 is 11.4 Å². The zero-order valence-corrected chi connectivity index (χ0v) is 16.8. The van der Waals surface area contributed by atoms with Crippen LogP contribution >= 0.6 is 0 Å². The summed E-state index contributed by atoms with van der Waals surface area (Å²) in [6.45, 7) is 1.33. The lowest BCUT2D eigenvalue weighted by Crippen LogP contribution is -2.42. The molecule has 1 amide bonds. The standard InChI is InChI=1S/C23H25N3O4/c1-29-20-7-2-3-8-21(20)30-22-11-16-14-25(13-15(16)10-19(22)27)23(28)17-12-24-26-9-5-4-6-18(17)26/h2-9,12,15-16,19,22,27H,10-11,13-14H2,1H3/t15-,16+,19+,22+/m0/s1. The van der Waals surface area contributed by atoms with Crippen molar-refractivity contribution in [3.05, 3.63) is 60.4 Å². The molecular weight excluding hydrogens is 382 g/mol. The third-order valence-electron chi connectivity index (χ3n) is 6.38. The fraction of sp³-hybridized carbons (Fsp3) is 0.391. The Morgan fingerprint density at radius 3 is 2.60 bits per heavy atom. The second-order valence-electron chi connectivity index (χ2n) is 8.16. The first-order valence-electron chi connectivity index (χ1n) is 10.3. The highest BCUT2D eigenvalue weighted by Gasteiger charge is 2.44. The number of aliphatic hydroxyl groups excluding tert-OH is 1. The van der Waals surface area contributed by atoms with Crippen LogP contribution in [0.3, 0.4) is 0 Å². The van der Waals surface area contributed by atoms with Crippen molar-refractivity contribution in [1.29, 1.82) is 0 Å². The predicted molar refractivity (Wildman–Crippen MR) is 111 cm³/mol. The maximum Gasteiger partial charge on any atom is 0.257 e. The third-order valence-corrected chi connectivity index (χ3v) is 6.38. The highest BCUT2D eigenvalue weighted by atomic mass is 16.5. The number of likely N-dealkylation sites (tertiary alicyclic amines) is 1. The molecule has 1 aliphatic heterocycles. The second-order valence-corrected chi connectivity index (χ2v) is 8.16. The average Bonchev–Trinajstić information content (AvgIpc) is 3.38. The summed E-state index contributed by atoms with van der Waals surface area (Å²) in [7, 11) is 1.61. The quantitative estimate of drug-likeness (QED) is 0.720. The van der Waals surface area contributed by atoms with Gasteiger partial charge in [0.2, 0.25) is 0 Å². The smallest absolute Gasteiger partial charge is 0.257 e. The molecule has 2 aromatic heterocycles. The average molecular weight is 407 g/mol. The molecule has 1 N–H and O–H groups in total. The number of fused-ring (bicyclic) bond motifs is 2. The Morgan fingerprint density at radius 1 is 1.07 bits per heavy atom. The van der Waals surface area contributed by atoms with Crippen LogP contribution < -0.4 is 9.47 Å². The molecule has 30 heavy (non-hydrogen) atoms. The highest BCUT2D eigenvalue weighted by Crippen LogP contribution is 2.39. The van der Waals surface area contributed by atoms with Gasteiger partial charge in [-0.3, -0.25) is 4.79 Å². The fourth-order valence-corrected chi connectivity index (χ4v) is 4.83. The molecule has 5 rings (SSSR count). The van der Waals surface area contributed by atoms with E-state index in [4.69, 9.17) is 9.47 Å². The van der Waals surface area contributed by atoms with Gasteiger partial charge in [-0.05, 0) is 48.9 Å². The molecule has 1 saturated heterocycles. The maximum absolute atomic E-state index is 13.2. The number of carbonyl (C=O) groups is 1. The van der Waals surface area contributed by atoms with Gasteiger partial charge in [-0.2, -0.15) is 5.10 Å². The molecule has 0 spiro atoms. The number of methoxy groups -OCH3 is 1. The van der Waals surface area contributed by atoms with Crippen molar-refractivity contribution in [2.45, 2.75) is 25.0 Å². The van der Waals surface area contributed by atoms with Crippen LogP contribution in [0.5, 0.6) is 11.5 Å². The SMILES string of the molecule is COc1ccccc1O[C@@H]1C[C@@H]2CN(C(=O)c3cnn4ccccc34)C[C@@H]2C[C@H]1O. The first-order valence-corrected chi connectivity index (χ1v) is 10.3. The Morgan fingerprint density at radius 2 is 1.80 bits per heavy atom. The summed E-state index contributed by atoms with van der Waals surface area (Å²) in [6, 6.07) is 13.2. The molecule has 4 atom stereocenters. The number of benzene rings is 1. The number of para-hydroxylation sites is 2. The van der Waals surface area contributed by atoms with Crippen molar-refractivity contribution in [3.63, 3.8) is 0 Å². The van der Waals surface area contributed by atoms with E-state index < -0.39 is 6.10 Å². The van der Waals surface area contributed by atoms with Gasteiger partial charge in [0.05, 0.1) is 30.5 Å². The molecule has 1 aliphatic carbocycles. The number of carbonyl (C=O) groups excluding carboxylic acids is 1. The first-order chi connectivity index (χ1) is 14.6. The van der Waals surface area contributed by atoms with E-state index in [1.165, 1.54) is 0 Å². The molecule has 2 aliphatic rings. The Bertz CT molecular complexity index is 1070. The summed E-state index contributed by atoms with van der Waals surface area (Å²) in [5, 5.41) is 15.0. The van der Waals surface area contributed by atoms with E-state index in [0.717, 1.165) is 5.52 Å². The molecular formula is C23H25N3O4. The van der Waals surface area contributed by atoms with Gasteiger partial charge in [-0.1, -0.05) is 18.2 Å². The minimum atomic E-state index is -0.566. The van der Waals surface area contributed by atoms with Crippen LogP contribution in [0.25, 0.3) is 5.52 Å². The van der Waals surface area contributed by atoms with Crippen LogP contribution in [-0.4, -0.2) is 57.9 Å². The van der Waals surface area contributed by atoms with Gasteiger partial charge in [0.15, 0.2) is 11.5 Å². The van der Waals surface area contributed by atoms with Crippen molar-refractivity contribution in [3.8, 4) is 11.5 Å². The largest absolute Gasteiger partial charge is 0.493 e. The lowest BCUT2D eigenvalue weighted by atomic mass is 9.78. The van der Waals surface area contributed by atoms with Gasteiger partial charge in [0.25, 0.3) is 5.91 Å². The molecule has 3 heterocycles. The molecule has 1 saturated carbocycles. The van der Waals surface area contributed by atoms with Gasteiger partial charge < -0.3 is 19.5 Å². The van der Waals surface area contributed by atoms with Crippen LogP contribution in [0.4, 0.5) is 0 Å². The third kappa shape index (κ3) is 3.29. The normalized spacial score (nSPS) is 25.9. The number of hydrogen-bond donors (Lipinski definition) is 1. The number of nitrogens with zero attached hydrogens (tertiary/aromatic N) is 3. The van der Waals surface area contributed by atoms with E-state index in [1.54, 1.807) is 17.8 Å². The summed E-state index contributed by atoms with van der Waals surface area (Å²) in [6.07, 6.45) is 3.94. The Balaban J connectivity index is 1.30. The molecule has 7 nitrogen and oxygen atoms in total. The number of amides is 1. The molecule has 2 fully saturated rings. The van der Waals surface area contributed by atoms with Crippen LogP contribution in [0.1, 0.15) is 23.2 Å². The van der Waals surface area contributed by atoms with Gasteiger partial charge in [-0.25, -0.2) is 4.52 Å². The summed E-state index contributed by atoms with van der Waals surface area (Å²) >= 11 is 0. The fourth-order valence-electron chi connectivity index (χ4n) is 4.83. The number of ether oxygens (including phenoxy) is 2. The minimum Gasteiger partial charge on any atom is -0.493 e. The van der Waals surface area contributed by atoms with Crippen LogP contribution in [0.2, 0.25) is 0 Å². The van der Waals surface area contributed by atoms with Crippen LogP contribution in [0, 0.1) is 11.8 Å². The molecule has 156 valence electrons. The van der Waals surface area contributed by atoms with E-state index in [0.29, 0.717) is 48.9 Å². The van der Waals surface area contributed by atoms with Crippen molar-refractivity contribution in [1.82, 2.24) is 14.5 Å². The van der Waals surface area contributed by atoms with Gasteiger partial charge in [-0.15, -0.1) is 0 Å². The molecule has 0 radical (unpaired) electrons. The summed E-state index contributed by atoms with van der Waals surface area (Å²) in [5.41, 5.74) is 1.44. The number of hydrogen-bond acceptors (Lipinski definition) is 5. The lowest BCUT2D eigenvalue weighted by Gasteiger charge is -2.35. The number of pyridine rings is 1. The van der Waals surface area contributed by atoms with Gasteiger partial charge >= 0.3 is 0 Å². The molecule has 0 unspecified atom stereocenters. The second kappa shape index (κ2) is 7.65. The van der Waals surface area contributed by atoms with Gasteiger partial charge in [0, 0.05) is 19.3 Å². The van der Waals surface area contributed by atoms with Crippen molar-refractivity contribution in [2.24, 2.45) is 11.8 Å². The lowest BCUT2D eigenvalue weighted by molar-refractivity contribution is -0.0240. The first kappa shape index (κ1) is 18.9. The number of aromatic nitrogens is 2. The molecule has 3 aromatic rings. The Labute approximate surface area is 174 Å². The maximum atomic E-state index is 13.2. The Kier molecular flexibility index (Phi) is 4.83. The number of rotatable bonds is 4. The van der Waals surface area contributed by atoms with Crippen LogP contribution in [-0.2, 0) is 0 Å². The molecule has 7 heteroatoms. The topological polar surface area (TPSA) is 76.3 Å². The molecule has 1 aromatic carbocycles. The summed E-state index contributed by atoms with van der Waals surface area (Å²) in [4.78, 5) is 15.1. The van der Waals surface area contributed by atoms with Crippen LogP contribution in [0.15, 0.2) is 54.9 Å².